The van der Waals surface area contributed by atoms with Gasteiger partial charge < -0.3 is 9.84 Å². The molecule has 0 spiro atoms. The SMILES string of the molecule is COc1cccc(CN(CCO)CC(F)(F)F)n1. The number of hydrogen-bond donors (Lipinski definition) is 1. The molecule has 0 fully saturated rings. The van der Waals surface area contributed by atoms with Crippen molar-refractivity contribution in [1.82, 2.24) is 9.88 Å². The van der Waals surface area contributed by atoms with Crippen LogP contribution in [0, 0.1) is 0 Å². The molecule has 0 radical (unpaired) electrons. The molecule has 18 heavy (non-hydrogen) atoms. The molecule has 0 saturated heterocycles. The van der Waals surface area contributed by atoms with Gasteiger partial charge in [-0.3, -0.25) is 4.90 Å². The fraction of sp³-hybridized carbons (Fsp3) is 0.545. The highest BCUT2D eigenvalue weighted by atomic mass is 19.4. The van der Waals surface area contributed by atoms with Crippen molar-refractivity contribution in [2.45, 2.75) is 12.7 Å². The van der Waals surface area contributed by atoms with E-state index in [9.17, 15) is 13.2 Å². The van der Waals surface area contributed by atoms with Crippen LogP contribution < -0.4 is 4.74 Å². The van der Waals surface area contributed by atoms with Crippen molar-refractivity contribution in [2.24, 2.45) is 0 Å². The minimum Gasteiger partial charge on any atom is -0.481 e. The van der Waals surface area contributed by atoms with Crippen molar-refractivity contribution in [3.63, 3.8) is 0 Å². The van der Waals surface area contributed by atoms with Crippen LogP contribution in [-0.4, -0.2) is 48.0 Å². The molecule has 0 saturated carbocycles. The Morgan fingerprint density at radius 3 is 2.67 bits per heavy atom. The van der Waals surface area contributed by atoms with Crippen LogP contribution in [-0.2, 0) is 6.54 Å². The number of aliphatic hydroxyl groups excluding tert-OH is 1. The number of aliphatic hydroxyl groups is 1. The molecule has 0 atom stereocenters. The molecule has 0 aliphatic heterocycles. The van der Waals surface area contributed by atoms with Crippen LogP contribution in [0.1, 0.15) is 5.69 Å². The lowest BCUT2D eigenvalue weighted by atomic mass is 10.3. The van der Waals surface area contributed by atoms with Gasteiger partial charge in [0.1, 0.15) is 0 Å². The molecule has 0 aromatic carbocycles. The number of hydrogen-bond acceptors (Lipinski definition) is 4. The number of alkyl halides is 3. The third-order valence-corrected chi connectivity index (χ3v) is 2.20. The number of nitrogens with zero attached hydrogens (tertiary/aromatic N) is 2. The zero-order valence-electron chi connectivity index (χ0n) is 9.94. The topological polar surface area (TPSA) is 45.6 Å². The van der Waals surface area contributed by atoms with Crippen LogP contribution in [0.3, 0.4) is 0 Å². The van der Waals surface area contributed by atoms with Gasteiger partial charge >= 0.3 is 6.18 Å². The van der Waals surface area contributed by atoms with E-state index >= 15 is 0 Å². The zero-order chi connectivity index (χ0) is 13.6. The Labute approximate surface area is 103 Å². The Kier molecular flexibility index (Phi) is 5.36. The summed E-state index contributed by atoms with van der Waals surface area (Å²) in [6, 6.07) is 4.89. The molecular weight excluding hydrogens is 249 g/mol. The Bertz CT molecular complexity index is 372. The first kappa shape index (κ1) is 14.7. The minimum atomic E-state index is -4.30. The molecule has 0 aliphatic carbocycles. The number of methoxy groups -OCH3 is 1. The highest BCUT2D eigenvalue weighted by Gasteiger charge is 2.30. The van der Waals surface area contributed by atoms with Gasteiger partial charge in [0, 0.05) is 19.2 Å². The average Bonchev–Trinajstić information content (AvgIpc) is 2.27. The second-order valence-electron chi connectivity index (χ2n) is 3.72. The van der Waals surface area contributed by atoms with Gasteiger partial charge in [-0.15, -0.1) is 0 Å². The van der Waals surface area contributed by atoms with E-state index in [2.05, 4.69) is 4.98 Å². The summed E-state index contributed by atoms with van der Waals surface area (Å²) in [7, 11) is 1.44. The Morgan fingerprint density at radius 2 is 2.11 bits per heavy atom. The monoisotopic (exact) mass is 264 g/mol. The number of rotatable bonds is 6. The second kappa shape index (κ2) is 6.55. The van der Waals surface area contributed by atoms with E-state index in [1.165, 1.54) is 7.11 Å². The highest BCUT2D eigenvalue weighted by molar-refractivity contribution is 5.15. The third kappa shape index (κ3) is 5.33. The van der Waals surface area contributed by atoms with Gasteiger partial charge in [-0.25, -0.2) is 4.98 Å². The normalized spacial score (nSPS) is 11.9. The summed E-state index contributed by atoms with van der Waals surface area (Å²) in [6.07, 6.45) is -4.30. The van der Waals surface area contributed by atoms with Crippen molar-refractivity contribution < 1.29 is 23.0 Å². The van der Waals surface area contributed by atoms with Crippen LogP contribution in [0.15, 0.2) is 18.2 Å². The summed E-state index contributed by atoms with van der Waals surface area (Å²) in [5.41, 5.74) is 0.465. The fourth-order valence-corrected chi connectivity index (χ4v) is 1.50. The average molecular weight is 264 g/mol. The number of ether oxygens (including phenoxy) is 1. The molecule has 0 unspecified atom stereocenters. The molecule has 1 heterocycles. The maximum absolute atomic E-state index is 12.3. The molecule has 1 rings (SSSR count). The summed E-state index contributed by atoms with van der Waals surface area (Å²) < 4.78 is 41.8. The quantitative estimate of drug-likeness (QED) is 0.844. The minimum absolute atomic E-state index is 0.0112. The lowest BCUT2D eigenvalue weighted by Crippen LogP contribution is -2.35. The van der Waals surface area contributed by atoms with Crippen molar-refractivity contribution in [1.29, 1.82) is 0 Å². The summed E-state index contributed by atoms with van der Waals surface area (Å²) >= 11 is 0. The molecule has 7 heteroatoms. The lowest BCUT2D eigenvalue weighted by molar-refractivity contribution is -0.148. The number of aromatic nitrogens is 1. The van der Waals surface area contributed by atoms with Crippen LogP contribution in [0.2, 0.25) is 0 Å². The lowest BCUT2D eigenvalue weighted by Gasteiger charge is -2.22. The summed E-state index contributed by atoms with van der Waals surface area (Å²) in [4.78, 5) is 5.12. The van der Waals surface area contributed by atoms with Gasteiger partial charge in [-0.2, -0.15) is 13.2 Å². The van der Waals surface area contributed by atoms with Gasteiger partial charge in [-0.1, -0.05) is 6.07 Å². The van der Waals surface area contributed by atoms with Crippen molar-refractivity contribution >= 4 is 0 Å². The van der Waals surface area contributed by atoms with Gasteiger partial charge in [0.05, 0.1) is 26.0 Å². The Morgan fingerprint density at radius 1 is 1.39 bits per heavy atom. The highest BCUT2D eigenvalue weighted by Crippen LogP contribution is 2.18. The molecule has 1 aromatic heterocycles. The van der Waals surface area contributed by atoms with E-state index in [0.717, 1.165) is 4.90 Å². The fourth-order valence-electron chi connectivity index (χ4n) is 1.50. The number of pyridine rings is 1. The summed E-state index contributed by atoms with van der Waals surface area (Å²) in [6.45, 7) is -1.46. The van der Waals surface area contributed by atoms with Gasteiger partial charge in [-0.05, 0) is 6.07 Å². The zero-order valence-corrected chi connectivity index (χ0v) is 9.94. The molecule has 0 bridgehead atoms. The maximum Gasteiger partial charge on any atom is 0.401 e. The van der Waals surface area contributed by atoms with E-state index in [-0.39, 0.29) is 19.7 Å². The maximum atomic E-state index is 12.3. The van der Waals surface area contributed by atoms with Crippen LogP contribution >= 0.6 is 0 Å². The largest absolute Gasteiger partial charge is 0.481 e. The van der Waals surface area contributed by atoms with Gasteiger partial charge in [0.15, 0.2) is 0 Å². The first-order chi connectivity index (χ1) is 8.44. The molecular formula is C11H15F3N2O2. The number of halogens is 3. The molecule has 1 N–H and O–H groups in total. The van der Waals surface area contributed by atoms with Gasteiger partial charge in [0.25, 0.3) is 0 Å². The van der Waals surface area contributed by atoms with Gasteiger partial charge in [0.2, 0.25) is 5.88 Å². The van der Waals surface area contributed by atoms with E-state index in [0.29, 0.717) is 11.6 Å². The van der Waals surface area contributed by atoms with Crippen molar-refractivity contribution in [3.05, 3.63) is 23.9 Å². The molecule has 102 valence electrons. The van der Waals surface area contributed by atoms with E-state index in [1.54, 1.807) is 18.2 Å². The predicted octanol–water partition coefficient (Wildman–Crippen LogP) is 1.45. The van der Waals surface area contributed by atoms with Crippen molar-refractivity contribution in [3.8, 4) is 5.88 Å². The van der Waals surface area contributed by atoms with E-state index in [4.69, 9.17) is 9.84 Å². The van der Waals surface area contributed by atoms with Crippen molar-refractivity contribution in [2.75, 3.05) is 26.8 Å². The molecule has 0 amide bonds. The van der Waals surface area contributed by atoms with E-state index < -0.39 is 12.7 Å². The van der Waals surface area contributed by atoms with Crippen LogP contribution in [0.5, 0.6) is 5.88 Å². The first-order valence-electron chi connectivity index (χ1n) is 5.34. The Hall–Kier alpha value is -1.34. The Balaban J connectivity index is 2.69. The van der Waals surface area contributed by atoms with E-state index in [1.807, 2.05) is 0 Å². The molecule has 4 nitrogen and oxygen atoms in total. The molecule has 1 aromatic rings. The smallest absolute Gasteiger partial charge is 0.401 e. The third-order valence-electron chi connectivity index (χ3n) is 2.20. The summed E-state index contributed by atoms with van der Waals surface area (Å²) in [5, 5.41) is 8.76. The predicted molar refractivity (Wildman–Crippen MR) is 59.2 cm³/mol. The summed E-state index contributed by atoms with van der Waals surface area (Å²) in [5.74, 6) is 0.350. The van der Waals surface area contributed by atoms with Crippen LogP contribution in [0.4, 0.5) is 13.2 Å². The molecule has 0 aliphatic rings. The van der Waals surface area contributed by atoms with Crippen LogP contribution in [0.25, 0.3) is 0 Å². The first-order valence-corrected chi connectivity index (χ1v) is 5.34. The standard InChI is InChI=1S/C11H15F3N2O2/c1-18-10-4-2-3-9(15-10)7-16(5-6-17)8-11(12,13)14/h2-4,17H,5-8H2,1H3. The second-order valence-corrected chi connectivity index (χ2v) is 3.72.